The number of halogens is 1. The van der Waals surface area contributed by atoms with Crippen LogP contribution < -0.4 is 15.0 Å². The molecule has 2 aromatic heterocycles. The van der Waals surface area contributed by atoms with Crippen LogP contribution in [0, 0.1) is 17.1 Å². The second-order valence-electron chi connectivity index (χ2n) is 8.20. The van der Waals surface area contributed by atoms with Gasteiger partial charge in [0.2, 0.25) is 0 Å². The molecule has 1 fully saturated rings. The molecule has 33 heavy (non-hydrogen) atoms. The third kappa shape index (κ3) is 4.65. The zero-order valence-corrected chi connectivity index (χ0v) is 19.1. The van der Waals surface area contributed by atoms with Crippen molar-refractivity contribution in [2.75, 3.05) is 43.4 Å². The van der Waals surface area contributed by atoms with E-state index < -0.39 is 5.82 Å². The van der Waals surface area contributed by atoms with Crippen LogP contribution in [0.5, 0.6) is 11.8 Å². The Bertz CT molecular complexity index is 1270. The second-order valence-corrected chi connectivity index (χ2v) is 9.23. The highest BCUT2D eigenvalue weighted by molar-refractivity contribution is 7.16. The number of ether oxygens (including phenoxy) is 1. The number of likely N-dealkylation sites (N-methyl/N-ethyl adjacent to an activating group) is 1. The predicted molar refractivity (Wildman–Crippen MR) is 126 cm³/mol. The molecule has 5 rings (SSSR count). The van der Waals surface area contributed by atoms with Gasteiger partial charge >= 0.3 is 6.01 Å². The number of aromatic nitrogens is 3. The van der Waals surface area contributed by atoms with E-state index >= 15 is 0 Å². The lowest BCUT2D eigenvalue weighted by Crippen LogP contribution is -2.44. The SMILES string of the molecule is CC1=Cc2cc(Oc3nc(Nc4ncc(C#N)s4)cc(N4CCN(C)CC4)n3)c(F)cc2C1. The highest BCUT2D eigenvalue weighted by atomic mass is 32.1. The van der Waals surface area contributed by atoms with Crippen LogP contribution in [-0.4, -0.2) is 53.1 Å². The maximum atomic E-state index is 14.8. The standard InChI is InChI=1S/C23H22FN7OS/c1-14-7-15-9-18(24)19(10-16(15)8-14)32-22-27-20(28-23-26-13-17(12-25)33-23)11-21(29-22)31-5-3-30(2)4-6-31/h8-11,13H,3-7H2,1-2H3,(H,26,27,28,29). The maximum Gasteiger partial charge on any atom is 0.326 e. The topological polar surface area (TPSA) is 90.2 Å². The van der Waals surface area contributed by atoms with E-state index in [0.717, 1.165) is 43.7 Å². The van der Waals surface area contributed by atoms with E-state index in [1.807, 2.05) is 19.1 Å². The molecule has 0 amide bonds. The number of thiazole rings is 1. The molecule has 0 spiro atoms. The van der Waals surface area contributed by atoms with Crippen molar-refractivity contribution in [3.8, 4) is 17.8 Å². The van der Waals surface area contributed by atoms with E-state index in [4.69, 9.17) is 10.00 Å². The summed E-state index contributed by atoms with van der Waals surface area (Å²) in [6.45, 7) is 5.45. The van der Waals surface area contributed by atoms with Gasteiger partial charge in [0, 0.05) is 32.2 Å². The molecule has 0 atom stereocenters. The number of allylic oxidation sites excluding steroid dienone is 1. The minimum atomic E-state index is -0.446. The van der Waals surface area contributed by atoms with Crippen molar-refractivity contribution in [3.63, 3.8) is 0 Å². The number of rotatable bonds is 5. The number of hydrogen-bond donors (Lipinski definition) is 1. The van der Waals surface area contributed by atoms with Gasteiger partial charge in [-0.25, -0.2) is 9.37 Å². The summed E-state index contributed by atoms with van der Waals surface area (Å²) in [7, 11) is 2.08. The first-order valence-electron chi connectivity index (χ1n) is 10.6. The minimum Gasteiger partial charge on any atom is -0.421 e. The van der Waals surface area contributed by atoms with Crippen LogP contribution in [0.25, 0.3) is 6.08 Å². The lowest BCUT2D eigenvalue weighted by atomic mass is 10.1. The summed E-state index contributed by atoms with van der Waals surface area (Å²) < 4.78 is 20.6. The van der Waals surface area contributed by atoms with E-state index in [1.54, 1.807) is 6.07 Å². The van der Waals surface area contributed by atoms with E-state index in [-0.39, 0.29) is 11.8 Å². The number of nitrogens with one attached hydrogen (secondary N) is 1. The first-order valence-corrected chi connectivity index (χ1v) is 11.4. The molecule has 0 bridgehead atoms. The Morgan fingerprint density at radius 3 is 2.76 bits per heavy atom. The zero-order valence-electron chi connectivity index (χ0n) is 18.3. The van der Waals surface area contributed by atoms with Crippen molar-refractivity contribution in [3.05, 3.63) is 51.8 Å². The second kappa shape index (κ2) is 8.77. The molecule has 3 aromatic rings. The Balaban J connectivity index is 1.47. The van der Waals surface area contributed by atoms with Crippen LogP contribution in [-0.2, 0) is 6.42 Å². The number of nitrogens with zero attached hydrogens (tertiary/aromatic N) is 6. The van der Waals surface area contributed by atoms with Gasteiger partial charge in [-0.15, -0.1) is 0 Å². The van der Waals surface area contributed by atoms with Gasteiger partial charge in [-0.2, -0.15) is 15.2 Å². The van der Waals surface area contributed by atoms with Crippen molar-refractivity contribution in [2.24, 2.45) is 0 Å². The Hall–Kier alpha value is -3.55. The fourth-order valence-electron chi connectivity index (χ4n) is 3.90. The number of fused-ring (bicyclic) bond motifs is 1. The molecule has 1 aliphatic heterocycles. The summed E-state index contributed by atoms with van der Waals surface area (Å²) in [4.78, 5) is 18.1. The summed E-state index contributed by atoms with van der Waals surface area (Å²) in [6.07, 6.45) is 4.28. The summed E-state index contributed by atoms with van der Waals surface area (Å²) in [5.74, 6) is 0.788. The average Bonchev–Trinajstić information content (AvgIpc) is 3.39. The van der Waals surface area contributed by atoms with Crippen LogP contribution >= 0.6 is 11.3 Å². The van der Waals surface area contributed by atoms with Crippen LogP contribution in [0.1, 0.15) is 22.9 Å². The first kappa shape index (κ1) is 21.3. The van der Waals surface area contributed by atoms with Crippen molar-refractivity contribution in [1.29, 1.82) is 5.26 Å². The quantitative estimate of drug-likeness (QED) is 0.602. The smallest absolute Gasteiger partial charge is 0.326 e. The lowest BCUT2D eigenvalue weighted by Gasteiger charge is -2.33. The summed E-state index contributed by atoms with van der Waals surface area (Å²) in [6, 6.07) is 7.14. The molecular weight excluding hydrogens is 441 g/mol. The number of piperazine rings is 1. The Morgan fingerprint density at radius 1 is 1.18 bits per heavy atom. The fraction of sp³-hybridized carbons (Fsp3) is 0.304. The van der Waals surface area contributed by atoms with Gasteiger partial charge in [-0.1, -0.05) is 23.0 Å². The van der Waals surface area contributed by atoms with Gasteiger partial charge in [0.05, 0.1) is 6.20 Å². The first-order chi connectivity index (χ1) is 16.0. The largest absolute Gasteiger partial charge is 0.421 e. The monoisotopic (exact) mass is 463 g/mol. The molecule has 1 aromatic carbocycles. The highest BCUT2D eigenvalue weighted by Crippen LogP contribution is 2.33. The van der Waals surface area contributed by atoms with Gasteiger partial charge in [0.15, 0.2) is 16.7 Å². The van der Waals surface area contributed by atoms with Gasteiger partial charge in [0.1, 0.15) is 22.6 Å². The van der Waals surface area contributed by atoms with Crippen molar-refractivity contribution < 1.29 is 9.13 Å². The van der Waals surface area contributed by atoms with Gasteiger partial charge < -0.3 is 19.9 Å². The van der Waals surface area contributed by atoms with E-state index in [9.17, 15) is 4.39 Å². The average molecular weight is 464 g/mol. The highest BCUT2D eigenvalue weighted by Gasteiger charge is 2.20. The van der Waals surface area contributed by atoms with E-state index in [2.05, 4.69) is 43.2 Å². The van der Waals surface area contributed by atoms with Crippen LogP contribution in [0.2, 0.25) is 0 Å². The molecule has 0 saturated carbocycles. The molecule has 10 heteroatoms. The zero-order chi connectivity index (χ0) is 22.9. The van der Waals surface area contributed by atoms with Gasteiger partial charge in [0.25, 0.3) is 0 Å². The van der Waals surface area contributed by atoms with Crippen LogP contribution in [0.3, 0.4) is 0 Å². The molecule has 1 N–H and O–H groups in total. The summed E-state index contributed by atoms with van der Waals surface area (Å²) in [5, 5.41) is 12.7. The van der Waals surface area contributed by atoms with Crippen molar-refractivity contribution >= 4 is 34.2 Å². The third-order valence-electron chi connectivity index (χ3n) is 5.64. The van der Waals surface area contributed by atoms with Gasteiger partial charge in [-0.3, -0.25) is 0 Å². The predicted octanol–water partition coefficient (Wildman–Crippen LogP) is 4.19. The number of hydrogen-bond acceptors (Lipinski definition) is 9. The molecule has 1 aliphatic carbocycles. The number of benzene rings is 1. The van der Waals surface area contributed by atoms with Crippen LogP contribution in [0.4, 0.5) is 21.2 Å². The number of anilines is 3. The molecule has 168 valence electrons. The molecular formula is C23H22FN7OS. The maximum absolute atomic E-state index is 14.8. The Kier molecular flexibility index (Phi) is 5.66. The van der Waals surface area contributed by atoms with E-state index in [1.165, 1.54) is 29.2 Å². The van der Waals surface area contributed by atoms with Crippen molar-refractivity contribution in [2.45, 2.75) is 13.3 Å². The Labute approximate surface area is 195 Å². The molecule has 8 nitrogen and oxygen atoms in total. The van der Waals surface area contributed by atoms with Gasteiger partial charge in [-0.05, 0) is 43.7 Å². The minimum absolute atomic E-state index is 0.0449. The molecule has 0 unspecified atom stereocenters. The van der Waals surface area contributed by atoms with Crippen LogP contribution in [0.15, 0.2) is 30.0 Å². The molecule has 0 radical (unpaired) electrons. The molecule has 3 heterocycles. The Morgan fingerprint density at radius 2 is 2.00 bits per heavy atom. The summed E-state index contributed by atoms with van der Waals surface area (Å²) >= 11 is 1.22. The fourth-order valence-corrected chi connectivity index (χ4v) is 4.52. The third-order valence-corrected chi connectivity index (χ3v) is 6.45. The normalized spacial score (nSPS) is 15.7. The molecule has 2 aliphatic rings. The van der Waals surface area contributed by atoms with Crippen molar-refractivity contribution in [1.82, 2.24) is 19.9 Å². The lowest BCUT2D eigenvalue weighted by molar-refractivity contribution is 0.311. The number of nitriles is 1. The molecule has 1 saturated heterocycles. The van der Waals surface area contributed by atoms with E-state index in [0.29, 0.717) is 21.6 Å². The summed E-state index contributed by atoms with van der Waals surface area (Å²) in [5.41, 5.74) is 3.08.